The van der Waals surface area contributed by atoms with Crippen molar-refractivity contribution in [3.05, 3.63) is 78.4 Å². The summed E-state index contributed by atoms with van der Waals surface area (Å²) < 4.78 is 39.9. The maximum atomic E-state index is 12.8. The van der Waals surface area contributed by atoms with Crippen molar-refractivity contribution in [2.24, 2.45) is 0 Å². The second-order valence-electron chi connectivity index (χ2n) is 5.90. The van der Waals surface area contributed by atoms with Crippen molar-refractivity contribution < 1.29 is 22.8 Å². The minimum absolute atomic E-state index is 0.0226. The number of halogens is 3. The van der Waals surface area contributed by atoms with Crippen LogP contribution in [-0.2, 0) is 17.5 Å². The number of alkyl halides is 3. The maximum Gasteiger partial charge on any atom is 0.416 e. The predicted molar refractivity (Wildman–Crippen MR) is 96.7 cm³/mol. The molecule has 6 nitrogen and oxygen atoms in total. The maximum absolute atomic E-state index is 12.8. The molecule has 0 spiro atoms. The van der Waals surface area contributed by atoms with Crippen LogP contribution in [0, 0.1) is 0 Å². The van der Waals surface area contributed by atoms with Crippen LogP contribution in [-0.4, -0.2) is 21.4 Å². The van der Waals surface area contributed by atoms with Crippen molar-refractivity contribution in [3.8, 4) is 0 Å². The standard InChI is InChI=1S/C19H15F3N4O2/c20-19(21,22)14-4-2-6-16(10-14)25-18(28)13-3-1-5-15(9-13)24-17(27)11-26-8-7-23-12-26/h1-10,12H,11H2,(H,24,27)(H,25,28). The van der Waals surface area contributed by atoms with Gasteiger partial charge in [-0.15, -0.1) is 0 Å². The first-order valence-corrected chi connectivity index (χ1v) is 8.15. The van der Waals surface area contributed by atoms with Crippen molar-refractivity contribution in [1.29, 1.82) is 0 Å². The number of hydrogen-bond acceptors (Lipinski definition) is 3. The van der Waals surface area contributed by atoms with E-state index in [0.717, 1.165) is 12.1 Å². The molecule has 144 valence electrons. The number of carbonyl (C=O) groups excluding carboxylic acids is 2. The summed E-state index contributed by atoms with van der Waals surface area (Å²) in [5.41, 5.74) is -0.250. The number of hydrogen-bond donors (Lipinski definition) is 2. The normalized spacial score (nSPS) is 11.1. The van der Waals surface area contributed by atoms with Crippen LogP contribution >= 0.6 is 0 Å². The third-order valence-corrected chi connectivity index (χ3v) is 3.74. The summed E-state index contributed by atoms with van der Waals surface area (Å²) in [7, 11) is 0. The summed E-state index contributed by atoms with van der Waals surface area (Å²) in [6.45, 7) is 0.0562. The minimum Gasteiger partial charge on any atom is -0.328 e. The van der Waals surface area contributed by atoms with Gasteiger partial charge < -0.3 is 15.2 Å². The molecule has 1 heterocycles. The number of imidazole rings is 1. The van der Waals surface area contributed by atoms with Crippen LogP contribution in [0.2, 0.25) is 0 Å². The van der Waals surface area contributed by atoms with Gasteiger partial charge in [0.05, 0.1) is 11.9 Å². The van der Waals surface area contributed by atoms with Crippen LogP contribution < -0.4 is 10.6 Å². The Balaban J connectivity index is 1.68. The Bertz CT molecular complexity index is 985. The topological polar surface area (TPSA) is 76.0 Å². The van der Waals surface area contributed by atoms with E-state index in [1.54, 1.807) is 29.1 Å². The molecule has 0 aliphatic heterocycles. The Labute approximate surface area is 158 Å². The third kappa shape index (κ3) is 4.97. The van der Waals surface area contributed by atoms with Gasteiger partial charge in [-0.3, -0.25) is 9.59 Å². The van der Waals surface area contributed by atoms with E-state index in [1.807, 2.05) is 0 Å². The second-order valence-corrected chi connectivity index (χ2v) is 5.90. The number of nitrogens with zero attached hydrogens (tertiary/aromatic N) is 2. The van der Waals surface area contributed by atoms with E-state index in [9.17, 15) is 22.8 Å². The van der Waals surface area contributed by atoms with E-state index in [2.05, 4.69) is 15.6 Å². The van der Waals surface area contributed by atoms with Crippen LogP contribution in [0.15, 0.2) is 67.3 Å². The molecule has 1 aromatic heterocycles. The Morgan fingerprint density at radius 2 is 1.71 bits per heavy atom. The largest absolute Gasteiger partial charge is 0.416 e. The first kappa shape index (κ1) is 19.2. The Morgan fingerprint density at radius 3 is 2.39 bits per heavy atom. The number of amides is 2. The first-order valence-electron chi connectivity index (χ1n) is 8.15. The highest BCUT2D eigenvalue weighted by Gasteiger charge is 2.30. The van der Waals surface area contributed by atoms with Gasteiger partial charge in [-0.25, -0.2) is 4.98 Å². The molecule has 0 saturated heterocycles. The van der Waals surface area contributed by atoms with Gasteiger partial charge in [-0.05, 0) is 36.4 Å². The number of aromatic nitrogens is 2. The molecule has 2 N–H and O–H groups in total. The molecule has 3 aromatic rings. The van der Waals surface area contributed by atoms with Gasteiger partial charge in [0.25, 0.3) is 5.91 Å². The van der Waals surface area contributed by atoms with Gasteiger partial charge in [-0.1, -0.05) is 12.1 Å². The minimum atomic E-state index is -4.50. The first-order chi connectivity index (χ1) is 13.3. The monoisotopic (exact) mass is 388 g/mol. The molecule has 3 rings (SSSR count). The van der Waals surface area contributed by atoms with Crippen molar-refractivity contribution in [2.75, 3.05) is 10.6 Å². The Kier molecular flexibility index (Phi) is 5.44. The zero-order valence-corrected chi connectivity index (χ0v) is 14.4. The average molecular weight is 388 g/mol. The summed E-state index contributed by atoms with van der Waals surface area (Å²) >= 11 is 0. The summed E-state index contributed by atoms with van der Waals surface area (Å²) in [6, 6.07) is 10.5. The number of carbonyl (C=O) groups is 2. The van der Waals surface area contributed by atoms with Gasteiger partial charge in [0.15, 0.2) is 0 Å². The summed E-state index contributed by atoms with van der Waals surface area (Å²) in [4.78, 5) is 28.2. The number of rotatable bonds is 5. The van der Waals surface area contributed by atoms with Crippen LogP contribution in [0.25, 0.3) is 0 Å². The van der Waals surface area contributed by atoms with Gasteiger partial charge in [0.2, 0.25) is 5.91 Å². The molecule has 0 unspecified atom stereocenters. The van der Waals surface area contributed by atoms with Gasteiger partial charge >= 0.3 is 6.18 Å². The van der Waals surface area contributed by atoms with Crippen LogP contribution in [0.5, 0.6) is 0 Å². The van der Waals surface area contributed by atoms with E-state index in [-0.39, 0.29) is 23.7 Å². The fourth-order valence-corrected chi connectivity index (χ4v) is 2.46. The molecule has 2 amide bonds. The predicted octanol–water partition coefficient (Wildman–Crippen LogP) is 3.79. The van der Waals surface area contributed by atoms with Gasteiger partial charge in [0.1, 0.15) is 6.54 Å². The SMILES string of the molecule is O=C(Cn1ccnc1)Nc1cccc(C(=O)Nc2cccc(C(F)(F)F)c2)c1. The zero-order chi connectivity index (χ0) is 20.1. The molecule has 0 fully saturated rings. The molecule has 2 aromatic carbocycles. The highest BCUT2D eigenvalue weighted by molar-refractivity contribution is 6.05. The van der Waals surface area contributed by atoms with E-state index in [4.69, 9.17) is 0 Å². The highest BCUT2D eigenvalue weighted by atomic mass is 19.4. The lowest BCUT2D eigenvalue weighted by Crippen LogP contribution is -2.18. The van der Waals surface area contributed by atoms with E-state index >= 15 is 0 Å². The number of nitrogens with one attached hydrogen (secondary N) is 2. The van der Waals surface area contributed by atoms with Gasteiger partial charge in [0, 0.05) is 29.3 Å². The molecule has 28 heavy (non-hydrogen) atoms. The summed E-state index contributed by atoms with van der Waals surface area (Å²) in [5.74, 6) is -0.904. The summed E-state index contributed by atoms with van der Waals surface area (Å²) in [6.07, 6.45) is 0.184. The highest BCUT2D eigenvalue weighted by Crippen LogP contribution is 2.30. The molecule has 0 aliphatic carbocycles. The smallest absolute Gasteiger partial charge is 0.328 e. The molecular formula is C19H15F3N4O2. The van der Waals surface area contributed by atoms with Crippen LogP contribution in [0.4, 0.5) is 24.5 Å². The quantitative estimate of drug-likeness (QED) is 0.698. The van der Waals surface area contributed by atoms with Crippen molar-refractivity contribution in [3.63, 3.8) is 0 Å². The molecule has 0 bridgehead atoms. The lowest BCUT2D eigenvalue weighted by atomic mass is 10.1. The van der Waals surface area contributed by atoms with Gasteiger partial charge in [-0.2, -0.15) is 13.2 Å². The fraction of sp³-hybridized carbons (Fsp3) is 0.105. The van der Waals surface area contributed by atoms with Crippen LogP contribution in [0.3, 0.4) is 0 Å². The lowest BCUT2D eigenvalue weighted by Gasteiger charge is -2.11. The molecule has 9 heteroatoms. The van der Waals surface area contributed by atoms with Crippen molar-refractivity contribution in [1.82, 2.24) is 9.55 Å². The fourth-order valence-electron chi connectivity index (χ4n) is 2.46. The molecule has 0 saturated carbocycles. The Hall–Kier alpha value is -3.62. The zero-order valence-electron chi connectivity index (χ0n) is 14.4. The summed E-state index contributed by atoms with van der Waals surface area (Å²) in [5, 5.41) is 5.08. The number of benzene rings is 2. The van der Waals surface area contributed by atoms with E-state index in [0.29, 0.717) is 5.69 Å². The van der Waals surface area contributed by atoms with Crippen molar-refractivity contribution >= 4 is 23.2 Å². The number of anilines is 2. The average Bonchev–Trinajstić information content (AvgIpc) is 3.14. The van der Waals surface area contributed by atoms with Crippen LogP contribution in [0.1, 0.15) is 15.9 Å². The van der Waals surface area contributed by atoms with E-state index in [1.165, 1.54) is 30.6 Å². The Morgan fingerprint density at radius 1 is 1.00 bits per heavy atom. The molecular weight excluding hydrogens is 373 g/mol. The van der Waals surface area contributed by atoms with E-state index < -0.39 is 17.6 Å². The lowest BCUT2D eigenvalue weighted by molar-refractivity contribution is -0.137. The second kappa shape index (κ2) is 7.95. The molecule has 0 aliphatic rings. The van der Waals surface area contributed by atoms with Crippen molar-refractivity contribution in [2.45, 2.75) is 12.7 Å². The molecule has 0 atom stereocenters. The third-order valence-electron chi connectivity index (χ3n) is 3.74. The molecule has 0 radical (unpaired) electrons.